The van der Waals surface area contributed by atoms with Crippen LogP contribution >= 0.6 is 0 Å². The second-order valence-electron chi connectivity index (χ2n) is 5.58. The fourth-order valence-corrected chi connectivity index (χ4v) is 2.90. The van der Waals surface area contributed by atoms with Gasteiger partial charge in [0.1, 0.15) is 0 Å². The highest BCUT2D eigenvalue weighted by Gasteiger charge is 2.07. The van der Waals surface area contributed by atoms with E-state index in [0.29, 0.717) is 24.6 Å². The number of aromatic nitrogens is 3. The molecular weight excluding hydrogens is 354 g/mol. The third-order valence-electron chi connectivity index (χ3n) is 3.68. The van der Waals surface area contributed by atoms with Gasteiger partial charge in [-0.3, -0.25) is 14.8 Å². The fraction of sp³-hybridized carbons (Fsp3) is 0.118. The molecule has 3 aromatic rings. The normalized spacial score (nSPS) is 11.3. The van der Waals surface area contributed by atoms with E-state index < -0.39 is 10.0 Å². The molecule has 3 rings (SSSR count). The lowest BCUT2D eigenvalue weighted by Crippen LogP contribution is -2.15. The van der Waals surface area contributed by atoms with E-state index in [-0.39, 0.29) is 10.5 Å². The molecular formula is C17H17N5O3S. The Morgan fingerprint density at radius 2 is 1.77 bits per heavy atom. The molecule has 0 spiro atoms. The summed E-state index contributed by atoms with van der Waals surface area (Å²) in [4.78, 5) is 22.9. The maximum Gasteiger partial charge on any atom is 0.252 e. The van der Waals surface area contributed by atoms with Crippen molar-refractivity contribution in [1.29, 1.82) is 0 Å². The average Bonchev–Trinajstić information content (AvgIpc) is 2.62. The molecule has 134 valence electrons. The number of anilines is 1. The van der Waals surface area contributed by atoms with Gasteiger partial charge < -0.3 is 5.32 Å². The maximum atomic E-state index is 11.8. The van der Waals surface area contributed by atoms with E-state index >= 15 is 0 Å². The van der Waals surface area contributed by atoms with Crippen LogP contribution in [0.3, 0.4) is 0 Å². The third kappa shape index (κ3) is 4.52. The lowest BCUT2D eigenvalue weighted by atomic mass is 10.1. The fourth-order valence-electron chi connectivity index (χ4n) is 2.38. The number of hydrogen-bond acceptors (Lipinski definition) is 6. The van der Waals surface area contributed by atoms with Crippen molar-refractivity contribution >= 4 is 16.0 Å². The quantitative estimate of drug-likeness (QED) is 0.595. The zero-order chi connectivity index (χ0) is 18.6. The minimum absolute atomic E-state index is 0.0743. The summed E-state index contributed by atoms with van der Waals surface area (Å²) in [6.07, 6.45) is 3.89. The highest BCUT2D eigenvalue weighted by atomic mass is 32.2. The summed E-state index contributed by atoms with van der Waals surface area (Å²) in [6.45, 7) is 0.511. The van der Waals surface area contributed by atoms with Crippen LogP contribution in [-0.2, 0) is 16.4 Å². The first-order valence-electron chi connectivity index (χ1n) is 7.79. The van der Waals surface area contributed by atoms with Crippen molar-refractivity contribution in [1.82, 2.24) is 15.0 Å². The van der Waals surface area contributed by atoms with Gasteiger partial charge in [-0.1, -0.05) is 12.1 Å². The number of pyridine rings is 1. The molecule has 0 atom stereocenters. The second-order valence-corrected chi connectivity index (χ2v) is 7.14. The van der Waals surface area contributed by atoms with E-state index in [4.69, 9.17) is 5.14 Å². The molecule has 0 aliphatic heterocycles. The van der Waals surface area contributed by atoms with Crippen molar-refractivity contribution in [2.75, 3.05) is 11.9 Å². The van der Waals surface area contributed by atoms with E-state index in [2.05, 4.69) is 20.3 Å². The number of sulfonamides is 1. The Morgan fingerprint density at radius 3 is 2.42 bits per heavy atom. The van der Waals surface area contributed by atoms with E-state index in [1.165, 1.54) is 18.2 Å². The topological polar surface area (TPSA) is 131 Å². The molecule has 8 nitrogen and oxygen atoms in total. The van der Waals surface area contributed by atoms with Crippen LogP contribution in [0.15, 0.2) is 64.5 Å². The maximum absolute atomic E-state index is 11.8. The van der Waals surface area contributed by atoms with Crippen LogP contribution in [0.4, 0.5) is 5.95 Å². The summed E-state index contributed by atoms with van der Waals surface area (Å²) in [5.41, 5.74) is 2.02. The predicted octanol–water partition coefficient (Wildman–Crippen LogP) is 1.13. The number of primary sulfonamides is 1. The zero-order valence-electron chi connectivity index (χ0n) is 13.7. The first-order chi connectivity index (χ1) is 12.4. The number of nitrogens with one attached hydrogen (secondary N) is 2. The third-order valence-corrected chi connectivity index (χ3v) is 4.60. The molecule has 1 aromatic carbocycles. The Balaban J connectivity index is 1.67. The first kappa shape index (κ1) is 17.8. The van der Waals surface area contributed by atoms with Crippen molar-refractivity contribution in [3.63, 3.8) is 0 Å². The summed E-state index contributed by atoms with van der Waals surface area (Å²) in [6, 6.07) is 11.3. The molecule has 0 radical (unpaired) electrons. The van der Waals surface area contributed by atoms with Crippen LogP contribution in [0.25, 0.3) is 11.3 Å². The SMILES string of the molecule is NS(=O)(=O)c1ccc(CCNc2nc(-c3ccncc3)cc(=O)[nH]2)cc1. The lowest BCUT2D eigenvalue weighted by molar-refractivity contribution is 0.598. The number of nitrogens with zero attached hydrogens (tertiary/aromatic N) is 2. The minimum Gasteiger partial charge on any atom is -0.355 e. The Kier molecular flexibility index (Phi) is 5.10. The van der Waals surface area contributed by atoms with Crippen LogP contribution in [0.1, 0.15) is 5.56 Å². The Morgan fingerprint density at radius 1 is 1.08 bits per heavy atom. The summed E-state index contributed by atoms with van der Waals surface area (Å²) in [7, 11) is -3.69. The van der Waals surface area contributed by atoms with Gasteiger partial charge in [-0.15, -0.1) is 0 Å². The number of hydrogen-bond donors (Lipinski definition) is 3. The van der Waals surface area contributed by atoms with Gasteiger partial charge in [-0.05, 0) is 36.2 Å². The Hall–Kier alpha value is -3.04. The minimum atomic E-state index is -3.69. The molecule has 0 saturated carbocycles. The largest absolute Gasteiger partial charge is 0.355 e. The monoisotopic (exact) mass is 371 g/mol. The van der Waals surface area contributed by atoms with Gasteiger partial charge in [0, 0.05) is 30.6 Å². The molecule has 0 bridgehead atoms. The molecule has 0 fully saturated rings. The van der Waals surface area contributed by atoms with Crippen molar-refractivity contribution in [3.8, 4) is 11.3 Å². The number of benzene rings is 1. The molecule has 0 aliphatic carbocycles. The second kappa shape index (κ2) is 7.46. The van der Waals surface area contributed by atoms with Crippen molar-refractivity contribution in [2.24, 2.45) is 5.14 Å². The molecule has 2 heterocycles. The summed E-state index contributed by atoms with van der Waals surface area (Å²) in [5.74, 6) is 0.366. The molecule has 2 aromatic heterocycles. The van der Waals surface area contributed by atoms with Crippen LogP contribution in [-0.4, -0.2) is 29.9 Å². The highest BCUT2D eigenvalue weighted by molar-refractivity contribution is 7.89. The smallest absolute Gasteiger partial charge is 0.252 e. The van der Waals surface area contributed by atoms with E-state index in [1.54, 1.807) is 36.7 Å². The number of H-pyrrole nitrogens is 1. The van der Waals surface area contributed by atoms with Crippen LogP contribution < -0.4 is 16.0 Å². The van der Waals surface area contributed by atoms with Gasteiger partial charge in [0.2, 0.25) is 16.0 Å². The van der Waals surface area contributed by atoms with E-state index in [1.807, 2.05) is 0 Å². The summed E-state index contributed by atoms with van der Waals surface area (Å²) in [5, 5.41) is 8.14. The number of aromatic amines is 1. The van der Waals surface area contributed by atoms with E-state index in [9.17, 15) is 13.2 Å². The van der Waals surface area contributed by atoms with Crippen molar-refractivity contribution < 1.29 is 8.42 Å². The molecule has 9 heteroatoms. The van der Waals surface area contributed by atoms with Gasteiger partial charge in [0.25, 0.3) is 5.56 Å². The van der Waals surface area contributed by atoms with Gasteiger partial charge >= 0.3 is 0 Å². The van der Waals surface area contributed by atoms with Crippen molar-refractivity contribution in [3.05, 3.63) is 70.8 Å². The van der Waals surface area contributed by atoms with Crippen LogP contribution in [0, 0.1) is 0 Å². The van der Waals surface area contributed by atoms with Crippen LogP contribution in [0.2, 0.25) is 0 Å². The molecule has 0 unspecified atom stereocenters. The molecule has 26 heavy (non-hydrogen) atoms. The van der Waals surface area contributed by atoms with Gasteiger partial charge in [0.05, 0.1) is 10.6 Å². The standard InChI is InChI=1S/C17H17N5O3S/c18-26(24,25)14-3-1-12(2-4-14)5-10-20-17-21-15(11-16(23)22-17)13-6-8-19-9-7-13/h1-4,6-9,11H,5,10H2,(H2,18,24,25)(H2,20,21,22,23). The molecule has 0 amide bonds. The number of nitrogens with two attached hydrogens (primary N) is 1. The van der Waals surface area contributed by atoms with Gasteiger partial charge in [-0.25, -0.2) is 18.5 Å². The molecule has 4 N–H and O–H groups in total. The van der Waals surface area contributed by atoms with Gasteiger partial charge in [0.15, 0.2) is 0 Å². The zero-order valence-corrected chi connectivity index (χ0v) is 14.5. The average molecular weight is 371 g/mol. The predicted molar refractivity (Wildman–Crippen MR) is 98.1 cm³/mol. The van der Waals surface area contributed by atoms with Crippen LogP contribution in [0.5, 0.6) is 0 Å². The molecule has 0 saturated heterocycles. The summed E-state index contributed by atoms with van der Waals surface area (Å²) >= 11 is 0. The number of rotatable bonds is 6. The van der Waals surface area contributed by atoms with Gasteiger partial charge in [-0.2, -0.15) is 0 Å². The Labute approximate surface area is 150 Å². The summed E-state index contributed by atoms with van der Waals surface area (Å²) < 4.78 is 22.5. The van der Waals surface area contributed by atoms with E-state index in [0.717, 1.165) is 11.1 Å². The first-order valence-corrected chi connectivity index (χ1v) is 9.34. The Bertz CT molecular complexity index is 1050. The van der Waals surface area contributed by atoms with Crippen molar-refractivity contribution in [2.45, 2.75) is 11.3 Å². The lowest BCUT2D eigenvalue weighted by Gasteiger charge is -2.08. The highest BCUT2D eigenvalue weighted by Crippen LogP contribution is 2.14. The molecule has 0 aliphatic rings.